The van der Waals surface area contributed by atoms with Crippen LogP contribution in [-0.2, 0) is 11.3 Å². The zero-order valence-electron chi connectivity index (χ0n) is 13.3. The van der Waals surface area contributed by atoms with Crippen LogP contribution >= 0.6 is 24.0 Å². The standard InChI is InChI=1S/C16H25N3O2.HI/c1-3-4-5-6-10-18-16(17)19-12-13-8-7-9-14(11-13)15(20)21-2;/h7-9,11H,3-6,10,12H2,1-2H3,(H3,17,18,19);1H. The predicted octanol–water partition coefficient (Wildman–Crippen LogP) is 3.08. The van der Waals surface area contributed by atoms with E-state index in [1.807, 2.05) is 12.1 Å². The van der Waals surface area contributed by atoms with Crippen LogP contribution in [0.5, 0.6) is 0 Å². The fourth-order valence-electron chi connectivity index (χ4n) is 1.92. The minimum absolute atomic E-state index is 0. The predicted molar refractivity (Wildman–Crippen MR) is 101 cm³/mol. The third-order valence-electron chi connectivity index (χ3n) is 3.12. The Morgan fingerprint density at radius 3 is 2.77 bits per heavy atom. The molecule has 0 fully saturated rings. The molecule has 0 unspecified atom stereocenters. The first-order chi connectivity index (χ1) is 10.2. The second-order valence-electron chi connectivity index (χ2n) is 4.88. The quantitative estimate of drug-likeness (QED) is 0.223. The van der Waals surface area contributed by atoms with Gasteiger partial charge in [-0.25, -0.2) is 9.79 Å². The smallest absolute Gasteiger partial charge is 0.337 e. The average molecular weight is 419 g/mol. The van der Waals surface area contributed by atoms with E-state index in [4.69, 9.17) is 10.5 Å². The van der Waals surface area contributed by atoms with Crippen LogP contribution in [0, 0.1) is 0 Å². The number of ether oxygens (including phenoxy) is 1. The second kappa shape index (κ2) is 12.3. The number of carbonyl (C=O) groups excluding carboxylic acids is 1. The minimum atomic E-state index is -0.345. The lowest BCUT2D eigenvalue weighted by molar-refractivity contribution is 0.0600. The maximum absolute atomic E-state index is 11.4. The lowest BCUT2D eigenvalue weighted by atomic mass is 10.1. The number of unbranched alkanes of at least 4 members (excludes halogenated alkanes) is 3. The molecule has 0 heterocycles. The normalized spacial score (nSPS) is 10.7. The summed E-state index contributed by atoms with van der Waals surface area (Å²) in [4.78, 5) is 15.7. The molecule has 0 aliphatic rings. The molecular weight excluding hydrogens is 393 g/mol. The zero-order chi connectivity index (χ0) is 15.5. The van der Waals surface area contributed by atoms with E-state index in [9.17, 15) is 4.79 Å². The summed E-state index contributed by atoms with van der Waals surface area (Å²) in [7, 11) is 1.37. The molecule has 0 atom stereocenters. The van der Waals surface area contributed by atoms with Gasteiger partial charge in [-0.05, 0) is 24.1 Å². The van der Waals surface area contributed by atoms with Gasteiger partial charge >= 0.3 is 5.97 Å². The first-order valence-corrected chi connectivity index (χ1v) is 7.38. The molecule has 0 aromatic heterocycles. The van der Waals surface area contributed by atoms with Gasteiger partial charge < -0.3 is 15.8 Å². The van der Waals surface area contributed by atoms with Gasteiger partial charge in [0.05, 0.1) is 19.2 Å². The third-order valence-corrected chi connectivity index (χ3v) is 3.12. The Morgan fingerprint density at radius 2 is 2.09 bits per heavy atom. The third kappa shape index (κ3) is 8.21. The largest absolute Gasteiger partial charge is 0.465 e. The van der Waals surface area contributed by atoms with Gasteiger partial charge in [-0.3, -0.25) is 0 Å². The number of esters is 1. The molecule has 0 saturated heterocycles. The highest BCUT2D eigenvalue weighted by atomic mass is 127. The molecule has 0 aliphatic heterocycles. The summed E-state index contributed by atoms with van der Waals surface area (Å²) in [5.74, 6) is 0.0952. The van der Waals surface area contributed by atoms with E-state index >= 15 is 0 Å². The number of guanidine groups is 1. The summed E-state index contributed by atoms with van der Waals surface area (Å²) >= 11 is 0. The Labute approximate surface area is 149 Å². The van der Waals surface area contributed by atoms with Gasteiger partial charge in [-0.15, -0.1) is 24.0 Å². The van der Waals surface area contributed by atoms with E-state index in [-0.39, 0.29) is 29.9 Å². The van der Waals surface area contributed by atoms with Gasteiger partial charge in [0.15, 0.2) is 5.96 Å². The number of aliphatic imine (C=N–C) groups is 1. The van der Waals surface area contributed by atoms with Gasteiger partial charge in [-0.1, -0.05) is 38.3 Å². The molecule has 0 spiro atoms. The summed E-state index contributed by atoms with van der Waals surface area (Å²) in [6.45, 7) is 3.47. The number of nitrogens with zero attached hydrogens (tertiary/aromatic N) is 1. The molecule has 22 heavy (non-hydrogen) atoms. The lowest BCUT2D eigenvalue weighted by Crippen LogP contribution is -2.32. The maximum atomic E-state index is 11.4. The first-order valence-electron chi connectivity index (χ1n) is 7.38. The number of rotatable bonds is 8. The summed E-state index contributed by atoms with van der Waals surface area (Å²) in [6.07, 6.45) is 4.78. The zero-order valence-corrected chi connectivity index (χ0v) is 15.6. The van der Waals surface area contributed by atoms with E-state index in [1.165, 1.54) is 26.4 Å². The number of nitrogens with two attached hydrogens (primary N) is 1. The molecule has 6 heteroatoms. The first kappa shape index (κ1) is 20.7. The van der Waals surface area contributed by atoms with Crippen LogP contribution in [0.1, 0.15) is 48.5 Å². The van der Waals surface area contributed by atoms with Crippen molar-refractivity contribution in [1.29, 1.82) is 0 Å². The van der Waals surface area contributed by atoms with Crippen LogP contribution in [0.25, 0.3) is 0 Å². The van der Waals surface area contributed by atoms with Crippen molar-refractivity contribution in [3.05, 3.63) is 35.4 Å². The number of halogens is 1. The van der Waals surface area contributed by atoms with Gasteiger partial charge in [0.1, 0.15) is 0 Å². The molecule has 1 aromatic carbocycles. The van der Waals surface area contributed by atoms with Crippen molar-refractivity contribution in [2.45, 2.75) is 39.2 Å². The van der Waals surface area contributed by atoms with Gasteiger partial charge in [0, 0.05) is 6.54 Å². The fourth-order valence-corrected chi connectivity index (χ4v) is 1.92. The summed E-state index contributed by atoms with van der Waals surface area (Å²) in [5.41, 5.74) is 7.26. The van der Waals surface area contributed by atoms with Crippen molar-refractivity contribution in [2.24, 2.45) is 10.7 Å². The van der Waals surface area contributed by atoms with Crippen LogP contribution < -0.4 is 11.1 Å². The second-order valence-corrected chi connectivity index (χ2v) is 4.88. The van der Waals surface area contributed by atoms with Crippen molar-refractivity contribution >= 4 is 35.9 Å². The van der Waals surface area contributed by atoms with Crippen LogP contribution in [0.2, 0.25) is 0 Å². The van der Waals surface area contributed by atoms with Crippen molar-refractivity contribution < 1.29 is 9.53 Å². The number of carbonyl (C=O) groups is 1. The number of hydrogen-bond donors (Lipinski definition) is 2. The highest BCUT2D eigenvalue weighted by molar-refractivity contribution is 14.0. The molecule has 124 valence electrons. The number of methoxy groups -OCH3 is 1. The van der Waals surface area contributed by atoms with Crippen molar-refractivity contribution in [1.82, 2.24) is 5.32 Å². The van der Waals surface area contributed by atoms with E-state index in [0.717, 1.165) is 18.5 Å². The summed E-state index contributed by atoms with van der Waals surface area (Å²) in [6, 6.07) is 7.20. The Hall–Kier alpha value is -1.31. The van der Waals surface area contributed by atoms with Gasteiger partial charge in [0.2, 0.25) is 0 Å². The van der Waals surface area contributed by atoms with Crippen LogP contribution in [0.15, 0.2) is 29.3 Å². The highest BCUT2D eigenvalue weighted by Crippen LogP contribution is 2.07. The maximum Gasteiger partial charge on any atom is 0.337 e. The summed E-state index contributed by atoms with van der Waals surface area (Å²) in [5, 5.41) is 3.10. The van der Waals surface area contributed by atoms with Crippen LogP contribution in [-0.4, -0.2) is 25.6 Å². The van der Waals surface area contributed by atoms with E-state index in [1.54, 1.807) is 12.1 Å². The van der Waals surface area contributed by atoms with Gasteiger partial charge in [0.25, 0.3) is 0 Å². The Morgan fingerprint density at radius 1 is 1.32 bits per heavy atom. The van der Waals surface area contributed by atoms with Gasteiger partial charge in [-0.2, -0.15) is 0 Å². The van der Waals surface area contributed by atoms with E-state index < -0.39 is 0 Å². The van der Waals surface area contributed by atoms with E-state index in [2.05, 4.69) is 17.2 Å². The number of nitrogens with one attached hydrogen (secondary N) is 1. The molecule has 1 rings (SSSR count). The van der Waals surface area contributed by atoms with Crippen LogP contribution in [0.4, 0.5) is 0 Å². The molecular formula is C16H26IN3O2. The molecule has 0 amide bonds. The monoisotopic (exact) mass is 419 g/mol. The molecule has 0 saturated carbocycles. The Bertz CT molecular complexity index is 478. The van der Waals surface area contributed by atoms with Crippen molar-refractivity contribution in [3.8, 4) is 0 Å². The number of benzene rings is 1. The average Bonchev–Trinajstić information content (AvgIpc) is 2.52. The lowest BCUT2D eigenvalue weighted by Gasteiger charge is -2.06. The SMILES string of the molecule is CCCCCCNC(N)=NCc1cccc(C(=O)OC)c1.I. The van der Waals surface area contributed by atoms with Crippen molar-refractivity contribution in [3.63, 3.8) is 0 Å². The molecule has 0 aliphatic carbocycles. The Balaban J connectivity index is 0.00000441. The molecule has 0 bridgehead atoms. The molecule has 3 N–H and O–H groups in total. The molecule has 1 aromatic rings. The summed E-state index contributed by atoms with van der Waals surface area (Å²) < 4.78 is 4.69. The molecule has 0 radical (unpaired) electrons. The minimum Gasteiger partial charge on any atom is -0.465 e. The Kier molecular flexibility index (Phi) is 11.5. The van der Waals surface area contributed by atoms with Crippen LogP contribution in [0.3, 0.4) is 0 Å². The molecule has 5 nitrogen and oxygen atoms in total. The highest BCUT2D eigenvalue weighted by Gasteiger charge is 2.05. The number of hydrogen-bond acceptors (Lipinski definition) is 3. The topological polar surface area (TPSA) is 76.7 Å². The fraction of sp³-hybridized carbons (Fsp3) is 0.500. The van der Waals surface area contributed by atoms with E-state index in [0.29, 0.717) is 18.1 Å². The van der Waals surface area contributed by atoms with Crippen molar-refractivity contribution in [2.75, 3.05) is 13.7 Å².